The van der Waals surface area contributed by atoms with Crippen LogP contribution in [0.3, 0.4) is 0 Å². The van der Waals surface area contributed by atoms with Crippen molar-refractivity contribution in [2.24, 2.45) is 5.73 Å². The monoisotopic (exact) mass is 635 g/mol. The fraction of sp³-hybridized carbons (Fsp3) is 0.458. The van der Waals surface area contributed by atoms with Gasteiger partial charge in [0.05, 0.1) is 7.14 Å². The molecule has 0 bridgehead atoms. The van der Waals surface area contributed by atoms with E-state index in [9.17, 15) is 9.90 Å². The Balaban J connectivity index is 1.83. The number of unbranched alkanes of at least 4 members (excludes halogenated alkanes) is 4. The molecular formula is C24H31I2NO3. The highest BCUT2D eigenvalue weighted by Crippen LogP contribution is 2.33. The number of phenols is 1. The zero-order chi connectivity index (χ0) is 21.9. The summed E-state index contributed by atoms with van der Waals surface area (Å²) in [6.45, 7) is 2.20. The smallest absolute Gasteiger partial charge is 0.154 e. The second-order valence-corrected chi connectivity index (χ2v) is 10.0. The van der Waals surface area contributed by atoms with Crippen molar-refractivity contribution in [2.45, 2.75) is 70.8 Å². The number of benzene rings is 2. The Morgan fingerprint density at radius 3 is 2.30 bits per heavy atom. The summed E-state index contributed by atoms with van der Waals surface area (Å²) < 4.78 is 8.02. The Bertz CT molecular complexity index is 786. The van der Waals surface area contributed by atoms with Gasteiger partial charge in [-0.2, -0.15) is 0 Å². The van der Waals surface area contributed by atoms with Crippen LogP contribution in [-0.2, 0) is 11.2 Å². The van der Waals surface area contributed by atoms with Crippen LogP contribution in [-0.4, -0.2) is 16.9 Å². The summed E-state index contributed by atoms with van der Waals surface area (Å²) in [7, 11) is 0. The van der Waals surface area contributed by atoms with Gasteiger partial charge >= 0.3 is 0 Å². The summed E-state index contributed by atoms with van der Waals surface area (Å²) >= 11 is 4.55. The number of ether oxygens (including phenoxy) is 1. The second-order valence-electron chi connectivity index (χ2n) is 7.69. The zero-order valence-corrected chi connectivity index (χ0v) is 21.8. The van der Waals surface area contributed by atoms with E-state index in [4.69, 9.17) is 10.5 Å². The van der Waals surface area contributed by atoms with Crippen LogP contribution in [0.2, 0.25) is 0 Å². The van der Waals surface area contributed by atoms with Crippen molar-refractivity contribution in [1.82, 2.24) is 0 Å². The lowest BCUT2D eigenvalue weighted by molar-refractivity contribution is -0.119. The SMILES string of the molecule is CCCCCCCC(=O)CC[C@@H](N)Cc1cc(I)c(Oc2ccc(O)cc2)c(I)c1. The van der Waals surface area contributed by atoms with Crippen molar-refractivity contribution >= 4 is 51.0 Å². The molecule has 6 heteroatoms. The Kier molecular flexibility index (Phi) is 11.4. The number of ketones is 1. The number of phenolic OH excluding ortho intramolecular Hbond substituents is 1. The Morgan fingerprint density at radius 2 is 1.67 bits per heavy atom. The summed E-state index contributed by atoms with van der Waals surface area (Å²) in [4.78, 5) is 12.1. The highest BCUT2D eigenvalue weighted by molar-refractivity contribution is 14.1. The molecule has 2 rings (SSSR count). The Morgan fingerprint density at radius 1 is 1.03 bits per heavy atom. The van der Waals surface area contributed by atoms with Gasteiger partial charge in [-0.25, -0.2) is 0 Å². The topological polar surface area (TPSA) is 72.6 Å². The van der Waals surface area contributed by atoms with Crippen molar-refractivity contribution in [1.29, 1.82) is 0 Å². The van der Waals surface area contributed by atoms with E-state index in [1.165, 1.54) is 19.3 Å². The third-order valence-electron chi connectivity index (χ3n) is 4.97. The van der Waals surface area contributed by atoms with E-state index in [1.807, 2.05) is 0 Å². The number of aromatic hydroxyl groups is 1. The molecule has 0 saturated heterocycles. The zero-order valence-electron chi connectivity index (χ0n) is 17.5. The Hall–Kier alpha value is -0.870. The van der Waals surface area contributed by atoms with Crippen LogP contribution >= 0.6 is 45.2 Å². The number of hydrogen-bond donors (Lipinski definition) is 2. The van der Waals surface area contributed by atoms with Crippen LogP contribution in [0.25, 0.3) is 0 Å². The van der Waals surface area contributed by atoms with E-state index in [2.05, 4.69) is 64.2 Å². The van der Waals surface area contributed by atoms with Crippen LogP contribution in [0.1, 0.15) is 63.9 Å². The molecule has 30 heavy (non-hydrogen) atoms. The molecule has 0 heterocycles. The van der Waals surface area contributed by atoms with E-state index < -0.39 is 0 Å². The minimum atomic E-state index is -0.0236. The summed E-state index contributed by atoms with van der Waals surface area (Å²) in [6, 6.07) is 10.9. The molecule has 0 fully saturated rings. The van der Waals surface area contributed by atoms with Gasteiger partial charge < -0.3 is 15.6 Å². The van der Waals surface area contributed by atoms with E-state index in [0.29, 0.717) is 24.4 Å². The average Bonchev–Trinajstić information content (AvgIpc) is 2.70. The lowest BCUT2D eigenvalue weighted by Crippen LogP contribution is -2.24. The lowest BCUT2D eigenvalue weighted by Gasteiger charge is -2.15. The molecule has 0 saturated carbocycles. The summed E-state index contributed by atoms with van der Waals surface area (Å²) in [5.74, 6) is 2.04. The van der Waals surface area contributed by atoms with E-state index in [-0.39, 0.29) is 11.8 Å². The van der Waals surface area contributed by atoms with Crippen molar-refractivity contribution in [2.75, 3.05) is 0 Å². The summed E-state index contributed by atoms with van der Waals surface area (Å²) in [5, 5.41) is 9.41. The number of carbonyl (C=O) groups is 1. The fourth-order valence-electron chi connectivity index (χ4n) is 3.26. The van der Waals surface area contributed by atoms with Gasteiger partial charge in [0, 0.05) is 18.9 Å². The fourth-order valence-corrected chi connectivity index (χ4v) is 5.38. The van der Waals surface area contributed by atoms with E-state index in [0.717, 1.165) is 44.1 Å². The van der Waals surface area contributed by atoms with Gasteiger partial charge in [0.25, 0.3) is 0 Å². The van der Waals surface area contributed by atoms with Crippen molar-refractivity contribution in [3.63, 3.8) is 0 Å². The standard InChI is InChI=1S/C24H31I2NO3/c1-2-3-4-5-6-7-19(28)9-8-18(27)14-17-15-22(25)24(23(26)16-17)30-21-12-10-20(29)11-13-21/h10-13,15-16,18,29H,2-9,14,27H2,1H3/t18-/m1/s1. The van der Waals surface area contributed by atoms with Crippen LogP contribution in [0.15, 0.2) is 36.4 Å². The summed E-state index contributed by atoms with van der Waals surface area (Å²) in [5.41, 5.74) is 7.47. The molecular weight excluding hydrogens is 604 g/mol. The molecule has 164 valence electrons. The van der Waals surface area contributed by atoms with Crippen LogP contribution in [0.4, 0.5) is 0 Å². The maximum absolute atomic E-state index is 12.1. The molecule has 3 N–H and O–H groups in total. The van der Waals surface area contributed by atoms with Crippen molar-refractivity contribution < 1.29 is 14.6 Å². The van der Waals surface area contributed by atoms with Crippen LogP contribution < -0.4 is 10.5 Å². The largest absolute Gasteiger partial charge is 0.508 e. The third-order valence-corrected chi connectivity index (χ3v) is 6.57. The number of Topliss-reactive ketones (excluding diaryl/α,β-unsaturated/α-hetero) is 1. The average molecular weight is 635 g/mol. The third kappa shape index (κ3) is 9.09. The predicted molar refractivity (Wildman–Crippen MR) is 139 cm³/mol. The first-order valence-electron chi connectivity index (χ1n) is 10.6. The highest BCUT2D eigenvalue weighted by atomic mass is 127. The predicted octanol–water partition coefficient (Wildman–Crippen LogP) is 6.97. The first-order chi connectivity index (χ1) is 14.4. The first kappa shape index (κ1) is 25.4. The minimum Gasteiger partial charge on any atom is -0.508 e. The molecule has 0 radical (unpaired) electrons. The molecule has 1 atom stereocenters. The maximum Gasteiger partial charge on any atom is 0.154 e. The molecule has 2 aromatic rings. The molecule has 0 aromatic heterocycles. The van der Waals surface area contributed by atoms with E-state index >= 15 is 0 Å². The molecule has 0 spiro atoms. The van der Waals surface area contributed by atoms with Gasteiger partial charge in [0.2, 0.25) is 0 Å². The number of hydrogen-bond acceptors (Lipinski definition) is 4. The van der Waals surface area contributed by atoms with Gasteiger partial charge in [-0.15, -0.1) is 0 Å². The molecule has 0 aliphatic rings. The molecule has 2 aromatic carbocycles. The number of rotatable bonds is 13. The van der Waals surface area contributed by atoms with Crippen LogP contribution in [0, 0.1) is 7.14 Å². The minimum absolute atomic E-state index is 0.0236. The maximum atomic E-state index is 12.1. The Labute approximate surface area is 207 Å². The van der Waals surface area contributed by atoms with Crippen molar-refractivity contribution in [3.05, 3.63) is 49.1 Å². The quantitative estimate of drug-likeness (QED) is 0.184. The molecule has 4 nitrogen and oxygen atoms in total. The van der Waals surface area contributed by atoms with Gasteiger partial charge in [-0.3, -0.25) is 4.79 Å². The number of nitrogens with two attached hydrogens (primary N) is 1. The molecule has 0 amide bonds. The normalized spacial score (nSPS) is 12.0. The highest BCUT2D eigenvalue weighted by Gasteiger charge is 2.13. The molecule has 0 aliphatic heterocycles. The lowest BCUT2D eigenvalue weighted by atomic mass is 9.99. The van der Waals surface area contributed by atoms with E-state index in [1.54, 1.807) is 24.3 Å². The number of halogens is 2. The van der Waals surface area contributed by atoms with Gasteiger partial charge in [0.1, 0.15) is 17.3 Å². The molecule has 0 unspecified atom stereocenters. The first-order valence-corrected chi connectivity index (χ1v) is 12.8. The number of carbonyl (C=O) groups excluding carboxylic acids is 1. The van der Waals surface area contributed by atoms with Crippen LogP contribution in [0.5, 0.6) is 17.2 Å². The van der Waals surface area contributed by atoms with Crippen molar-refractivity contribution in [3.8, 4) is 17.2 Å². The van der Waals surface area contributed by atoms with Gasteiger partial charge in [0.15, 0.2) is 5.75 Å². The summed E-state index contributed by atoms with van der Waals surface area (Å²) in [6.07, 6.45) is 8.61. The van der Waals surface area contributed by atoms with Gasteiger partial charge in [-0.05, 0) is 106 Å². The molecule has 0 aliphatic carbocycles. The second kappa shape index (κ2) is 13.5. The van der Waals surface area contributed by atoms with Gasteiger partial charge in [-0.1, -0.05) is 32.6 Å².